The van der Waals surface area contributed by atoms with Crippen LogP contribution in [-0.4, -0.2) is 117 Å². The quantitative estimate of drug-likeness (QED) is 0.353. The minimum absolute atomic E-state index is 0.0758. The molecule has 4 atom stereocenters. The number of hydrogen-bond acceptors (Lipinski definition) is 9. The van der Waals surface area contributed by atoms with Gasteiger partial charge >= 0.3 is 12.2 Å². The summed E-state index contributed by atoms with van der Waals surface area (Å²) in [5.41, 5.74) is 1.48. The van der Waals surface area contributed by atoms with Gasteiger partial charge in [-0.2, -0.15) is 4.31 Å². The molecule has 226 valence electrons. The zero-order valence-electron chi connectivity index (χ0n) is 23.3. The van der Waals surface area contributed by atoms with Gasteiger partial charge in [0.2, 0.25) is 10.0 Å². The maximum atomic E-state index is 13.5. The molecule has 1 saturated carbocycles. The molecule has 14 heteroatoms. The lowest BCUT2D eigenvalue weighted by atomic mass is 9.86. The molecule has 13 nitrogen and oxygen atoms in total. The predicted molar refractivity (Wildman–Crippen MR) is 148 cm³/mol. The Hall–Kier alpha value is -3.10. The number of piperazine rings is 1. The molecule has 5 rings (SSSR count). The van der Waals surface area contributed by atoms with Crippen molar-refractivity contribution in [2.24, 2.45) is 17.3 Å². The first kappa shape index (κ1) is 29.4. The molecule has 3 aliphatic heterocycles. The second-order valence-electron chi connectivity index (χ2n) is 11.6. The van der Waals surface area contributed by atoms with E-state index in [4.69, 9.17) is 9.47 Å². The van der Waals surface area contributed by atoms with Gasteiger partial charge in [-0.1, -0.05) is 18.2 Å². The summed E-state index contributed by atoms with van der Waals surface area (Å²) in [4.78, 5) is 43.0. The Labute approximate surface area is 240 Å². The van der Waals surface area contributed by atoms with Crippen LogP contribution < -0.4 is 10.4 Å². The molecule has 1 aliphatic carbocycles. The molecule has 3 heterocycles. The molecule has 0 aromatic heterocycles. The highest BCUT2D eigenvalue weighted by Gasteiger charge is 2.56. The van der Waals surface area contributed by atoms with Gasteiger partial charge < -0.3 is 24.2 Å². The van der Waals surface area contributed by atoms with E-state index in [-0.39, 0.29) is 43.1 Å². The van der Waals surface area contributed by atoms with Crippen LogP contribution in [0.5, 0.6) is 0 Å². The Kier molecular flexibility index (Phi) is 8.62. The van der Waals surface area contributed by atoms with Gasteiger partial charge in [0.05, 0.1) is 24.3 Å². The summed E-state index contributed by atoms with van der Waals surface area (Å²) in [6, 6.07) is 9.59. The van der Waals surface area contributed by atoms with Gasteiger partial charge in [-0.15, -0.1) is 0 Å². The summed E-state index contributed by atoms with van der Waals surface area (Å²) < 4.78 is 38.8. The number of benzene rings is 1. The number of hydroxylamine groups is 1. The van der Waals surface area contributed by atoms with E-state index < -0.39 is 33.5 Å². The number of nitrogens with zero attached hydrogens (tertiary/aromatic N) is 4. The van der Waals surface area contributed by atoms with Crippen LogP contribution in [0, 0.1) is 17.3 Å². The molecule has 1 aromatic rings. The van der Waals surface area contributed by atoms with E-state index in [0.29, 0.717) is 45.8 Å². The van der Waals surface area contributed by atoms with Crippen molar-refractivity contribution >= 4 is 33.8 Å². The number of anilines is 1. The molecule has 0 spiro atoms. The molecule has 0 bridgehead atoms. The van der Waals surface area contributed by atoms with Crippen molar-refractivity contribution in [3.63, 3.8) is 0 Å². The number of ether oxygens (including phenoxy) is 2. The molecule has 1 unspecified atom stereocenters. The standard InChI is InChI=1S/C27H39N5O8S/c1-39-26(35)32-9-5-8-23(32)18-40-25(34)30-16-20-14-27(24(33)28-36,15-21(20)17-30)19-41(37,38)31-12-10-29(11-13-31)22-6-3-2-4-7-22/h2-4,6-7,20-21,23,36H,5,8-19H2,1H3,(H,28,33)/t20-,21+,23-,27?/m1/s1. The number of likely N-dealkylation sites (tertiary alicyclic amines) is 2. The van der Waals surface area contributed by atoms with Crippen molar-refractivity contribution in [3.8, 4) is 0 Å². The molecular weight excluding hydrogens is 554 g/mol. The van der Waals surface area contributed by atoms with Crippen molar-refractivity contribution in [1.82, 2.24) is 19.6 Å². The summed E-state index contributed by atoms with van der Waals surface area (Å²) in [6.45, 7) is 3.03. The van der Waals surface area contributed by atoms with E-state index in [1.165, 1.54) is 11.4 Å². The highest BCUT2D eigenvalue weighted by atomic mass is 32.2. The van der Waals surface area contributed by atoms with Crippen LogP contribution in [-0.2, 0) is 24.3 Å². The van der Waals surface area contributed by atoms with Gasteiger partial charge in [-0.05, 0) is 49.7 Å². The monoisotopic (exact) mass is 593 g/mol. The molecular formula is C27H39N5O8S. The Morgan fingerprint density at radius 2 is 1.66 bits per heavy atom. The second kappa shape index (κ2) is 12.0. The van der Waals surface area contributed by atoms with Crippen LogP contribution in [0.1, 0.15) is 25.7 Å². The SMILES string of the molecule is COC(=O)N1CCC[C@@H]1COC(=O)N1C[C@@H]2CC(CS(=O)(=O)N3CCN(c4ccccc4)CC3)(C(=O)NO)C[C@@H]2C1. The third-order valence-corrected chi connectivity index (χ3v) is 11.2. The number of hydrogen-bond donors (Lipinski definition) is 2. The van der Waals surface area contributed by atoms with E-state index >= 15 is 0 Å². The number of carbonyl (C=O) groups is 3. The molecule has 0 radical (unpaired) electrons. The lowest BCUT2D eigenvalue weighted by Crippen LogP contribution is -2.53. The molecule has 3 amide bonds. The van der Waals surface area contributed by atoms with Crippen LogP contribution in [0.3, 0.4) is 0 Å². The maximum Gasteiger partial charge on any atom is 0.409 e. The first-order valence-corrected chi connectivity index (χ1v) is 15.8. The summed E-state index contributed by atoms with van der Waals surface area (Å²) >= 11 is 0. The third kappa shape index (κ3) is 6.09. The van der Waals surface area contributed by atoms with Gasteiger partial charge in [0, 0.05) is 51.5 Å². The normalized spacial score (nSPS) is 28.4. The van der Waals surface area contributed by atoms with Crippen molar-refractivity contribution in [2.75, 3.05) is 70.2 Å². The molecule has 41 heavy (non-hydrogen) atoms. The minimum Gasteiger partial charge on any atom is -0.453 e. The largest absolute Gasteiger partial charge is 0.453 e. The first-order chi connectivity index (χ1) is 19.7. The van der Waals surface area contributed by atoms with Crippen LogP contribution in [0.2, 0.25) is 0 Å². The third-order valence-electron chi connectivity index (χ3n) is 9.12. The summed E-state index contributed by atoms with van der Waals surface area (Å²) in [5.74, 6) is -1.28. The second-order valence-corrected chi connectivity index (χ2v) is 13.5. The highest BCUT2D eigenvalue weighted by molar-refractivity contribution is 7.89. The van der Waals surface area contributed by atoms with Crippen LogP contribution >= 0.6 is 0 Å². The number of methoxy groups -OCH3 is 1. The van der Waals surface area contributed by atoms with Gasteiger partial charge in [-0.3, -0.25) is 10.0 Å². The lowest BCUT2D eigenvalue weighted by Gasteiger charge is -2.37. The van der Waals surface area contributed by atoms with E-state index in [1.807, 2.05) is 30.3 Å². The number of fused-ring (bicyclic) bond motifs is 1. The van der Waals surface area contributed by atoms with E-state index in [0.717, 1.165) is 18.5 Å². The van der Waals surface area contributed by atoms with Gasteiger partial charge in [0.1, 0.15) is 6.61 Å². The fraction of sp³-hybridized carbons (Fsp3) is 0.667. The zero-order valence-corrected chi connectivity index (χ0v) is 24.1. The summed E-state index contributed by atoms with van der Waals surface area (Å²) in [7, 11) is -2.47. The van der Waals surface area contributed by atoms with E-state index in [2.05, 4.69) is 4.90 Å². The van der Waals surface area contributed by atoms with E-state index in [9.17, 15) is 28.0 Å². The zero-order chi connectivity index (χ0) is 29.2. The average Bonchev–Trinajstić information content (AvgIpc) is 3.70. The molecule has 4 fully saturated rings. The minimum atomic E-state index is -3.79. The number of sulfonamides is 1. The van der Waals surface area contributed by atoms with Gasteiger partial charge in [0.15, 0.2) is 0 Å². The fourth-order valence-electron chi connectivity index (χ4n) is 7.05. The van der Waals surface area contributed by atoms with Crippen LogP contribution in [0.4, 0.5) is 15.3 Å². The van der Waals surface area contributed by atoms with Crippen molar-refractivity contribution < 1.29 is 37.5 Å². The average molecular weight is 594 g/mol. The Bertz CT molecular complexity index is 1210. The van der Waals surface area contributed by atoms with Gasteiger partial charge in [-0.25, -0.2) is 23.5 Å². The molecule has 1 aromatic carbocycles. The predicted octanol–water partition coefficient (Wildman–Crippen LogP) is 1.34. The number of carbonyl (C=O) groups excluding carboxylic acids is 3. The van der Waals surface area contributed by atoms with Crippen LogP contribution in [0.15, 0.2) is 30.3 Å². The Morgan fingerprint density at radius 1 is 1.00 bits per heavy atom. The van der Waals surface area contributed by atoms with Crippen molar-refractivity contribution in [2.45, 2.75) is 31.7 Å². The lowest BCUT2D eigenvalue weighted by molar-refractivity contribution is -0.138. The fourth-order valence-corrected chi connectivity index (χ4v) is 9.02. The molecule has 3 saturated heterocycles. The Morgan fingerprint density at radius 3 is 2.27 bits per heavy atom. The first-order valence-electron chi connectivity index (χ1n) is 14.1. The molecule has 4 aliphatic rings. The smallest absolute Gasteiger partial charge is 0.409 e. The van der Waals surface area contributed by atoms with E-state index in [1.54, 1.807) is 15.3 Å². The number of nitrogens with one attached hydrogen (secondary N) is 1. The topological polar surface area (TPSA) is 149 Å². The number of rotatable bonds is 7. The highest BCUT2D eigenvalue weighted by Crippen LogP contribution is 2.50. The Balaban J connectivity index is 1.17. The number of amides is 3. The summed E-state index contributed by atoms with van der Waals surface area (Å²) in [6.07, 6.45) is 1.10. The molecule has 2 N–H and O–H groups in total. The van der Waals surface area contributed by atoms with Crippen LogP contribution in [0.25, 0.3) is 0 Å². The number of para-hydroxylation sites is 1. The summed E-state index contributed by atoms with van der Waals surface area (Å²) in [5, 5.41) is 9.55. The van der Waals surface area contributed by atoms with Crippen molar-refractivity contribution in [3.05, 3.63) is 30.3 Å². The maximum absolute atomic E-state index is 13.5. The van der Waals surface area contributed by atoms with Crippen molar-refractivity contribution in [1.29, 1.82) is 0 Å². The van der Waals surface area contributed by atoms with Gasteiger partial charge in [0.25, 0.3) is 5.91 Å².